The third kappa shape index (κ3) is 3.13. The van der Waals surface area contributed by atoms with E-state index in [1.807, 2.05) is 0 Å². The third-order valence-electron chi connectivity index (χ3n) is 2.85. The second kappa shape index (κ2) is 5.71. The molecule has 106 valence electrons. The first kappa shape index (κ1) is 15.7. The highest BCUT2D eigenvalue weighted by molar-refractivity contribution is 7.89. The zero-order chi connectivity index (χ0) is 14.8. The monoisotopic (exact) mass is 286 g/mol. The molecule has 1 rings (SSSR count). The number of nitrogens with two attached hydrogens (primary N) is 1. The van der Waals surface area contributed by atoms with Crippen LogP contribution in [0.1, 0.15) is 19.4 Å². The van der Waals surface area contributed by atoms with Gasteiger partial charge in [0.1, 0.15) is 5.82 Å². The van der Waals surface area contributed by atoms with Gasteiger partial charge in [-0.25, -0.2) is 12.8 Å². The van der Waals surface area contributed by atoms with Crippen LogP contribution in [0.25, 0.3) is 0 Å². The average molecular weight is 286 g/mol. The molecule has 0 fully saturated rings. The molecular formula is C13H19FN2O2S. The van der Waals surface area contributed by atoms with E-state index in [1.165, 1.54) is 23.4 Å². The SMILES string of the molecule is C=CCN(C(C)C)S(=O)(=O)c1cc(N)c(C)c(F)c1. The Morgan fingerprint density at radius 1 is 1.47 bits per heavy atom. The number of sulfonamides is 1. The summed E-state index contributed by atoms with van der Waals surface area (Å²) in [5.74, 6) is -0.624. The van der Waals surface area contributed by atoms with Crippen molar-refractivity contribution < 1.29 is 12.8 Å². The molecule has 2 N–H and O–H groups in total. The largest absolute Gasteiger partial charge is 0.398 e. The molecule has 0 heterocycles. The number of nitrogen functional groups attached to an aromatic ring is 1. The molecule has 0 aliphatic carbocycles. The smallest absolute Gasteiger partial charge is 0.243 e. The topological polar surface area (TPSA) is 63.4 Å². The van der Waals surface area contributed by atoms with Crippen molar-refractivity contribution in [3.8, 4) is 0 Å². The van der Waals surface area contributed by atoms with Gasteiger partial charge in [-0.2, -0.15) is 4.31 Å². The number of nitrogens with zero attached hydrogens (tertiary/aromatic N) is 1. The number of rotatable bonds is 5. The van der Waals surface area contributed by atoms with Crippen molar-refractivity contribution in [1.29, 1.82) is 0 Å². The second-order valence-electron chi connectivity index (χ2n) is 4.58. The van der Waals surface area contributed by atoms with Crippen LogP contribution < -0.4 is 5.73 Å². The van der Waals surface area contributed by atoms with Crippen LogP contribution >= 0.6 is 0 Å². The summed E-state index contributed by atoms with van der Waals surface area (Å²) in [6, 6.07) is 2.03. The van der Waals surface area contributed by atoms with Gasteiger partial charge in [0.05, 0.1) is 4.90 Å². The fraction of sp³-hybridized carbons (Fsp3) is 0.385. The maximum atomic E-state index is 13.6. The van der Waals surface area contributed by atoms with Gasteiger partial charge in [-0.15, -0.1) is 6.58 Å². The van der Waals surface area contributed by atoms with Crippen LogP contribution in [0, 0.1) is 12.7 Å². The summed E-state index contributed by atoms with van der Waals surface area (Å²) in [6.45, 7) is 8.69. The molecule has 0 aliphatic heterocycles. The number of hydrogen-bond acceptors (Lipinski definition) is 3. The van der Waals surface area contributed by atoms with Crippen molar-refractivity contribution in [3.63, 3.8) is 0 Å². The fourth-order valence-corrected chi connectivity index (χ4v) is 3.33. The molecule has 1 aromatic carbocycles. The molecule has 0 radical (unpaired) electrons. The van der Waals surface area contributed by atoms with Gasteiger partial charge < -0.3 is 5.73 Å². The molecule has 1 aromatic rings. The van der Waals surface area contributed by atoms with Gasteiger partial charge in [0.25, 0.3) is 0 Å². The molecule has 0 saturated heterocycles. The number of anilines is 1. The number of hydrogen-bond donors (Lipinski definition) is 1. The molecule has 6 heteroatoms. The van der Waals surface area contributed by atoms with E-state index in [-0.39, 0.29) is 28.7 Å². The molecule has 0 bridgehead atoms. The molecule has 0 aliphatic rings. The van der Waals surface area contributed by atoms with Crippen LogP contribution in [0.5, 0.6) is 0 Å². The molecular weight excluding hydrogens is 267 g/mol. The Bertz CT molecular complexity index is 559. The van der Waals surface area contributed by atoms with Gasteiger partial charge in [0, 0.05) is 23.8 Å². The van der Waals surface area contributed by atoms with E-state index in [0.29, 0.717) is 0 Å². The minimum Gasteiger partial charge on any atom is -0.398 e. The molecule has 0 amide bonds. The molecule has 0 spiro atoms. The van der Waals surface area contributed by atoms with Crippen LogP contribution in [-0.4, -0.2) is 25.3 Å². The third-order valence-corrected chi connectivity index (χ3v) is 4.87. The maximum Gasteiger partial charge on any atom is 0.243 e. The van der Waals surface area contributed by atoms with Crippen LogP contribution in [0.4, 0.5) is 10.1 Å². The van der Waals surface area contributed by atoms with E-state index in [4.69, 9.17) is 5.73 Å². The average Bonchev–Trinajstić information content (AvgIpc) is 2.31. The van der Waals surface area contributed by atoms with Gasteiger partial charge in [0.2, 0.25) is 10.0 Å². The van der Waals surface area contributed by atoms with E-state index in [2.05, 4.69) is 6.58 Å². The van der Waals surface area contributed by atoms with Crippen molar-refractivity contribution in [1.82, 2.24) is 4.31 Å². The van der Waals surface area contributed by atoms with Crippen LogP contribution in [0.2, 0.25) is 0 Å². The Hall–Kier alpha value is -1.40. The summed E-state index contributed by atoms with van der Waals surface area (Å²) in [5, 5.41) is 0. The summed E-state index contributed by atoms with van der Waals surface area (Å²) in [5.41, 5.74) is 6.00. The van der Waals surface area contributed by atoms with Gasteiger partial charge in [0.15, 0.2) is 0 Å². The van der Waals surface area contributed by atoms with E-state index in [9.17, 15) is 12.8 Å². The van der Waals surface area contributed by atoms with Gasteiger partial charge in [-0.1, -0.05) is 6.08 Å². The highest BCUT2D eigenvalue weighted by atomic mass is 32.2. The quantitative estimate of drug-likeness (QED) is 0.667. The molecule has 19 heavy (non-hydrogen) atoms. The summed E-state index contributed by atoms with van der Waals surface area (Å²) in [6.07, 6.45) is 1.49. The number of benzene rings is 1. The Labute approximate surface area is 113 Å². The molecule has 0 saturated carbocycles. The summed E-state index contributed by atoms with van der Waals surface area (Å²) >= 11 is 0. The van der Waals surface area contributed by atoms with Gasteiger partial charge in [-0.05, 0) is 32.9 Å². The Morgan fingerprint density at radius 3 is 2.47 bits per heavy atom. The molecule has 0 aromatic heterocycles. The standard InChI is InChI=1S/C13H19FN2O2S/c1-5-6-16(9(2)3)19(17,18)11-7-12(14)10(4)13(15)8-11/h5,7-9H,1,6,15H2,2-4H3. The minimum atomic E-state index is -3.78. The highest BCUT2D eigenvalue weighted by Crippen LogP contribution is 2.24. The Balaban J connectivity index is 3.37. The zero-order valence-corrected chi connectivity index (χ0v) is 12.2. The second-order valence-corrected chi connectivity index (χ2v) is 6.47. The molecule has 0 atom stereocenters. The van der Waals surface area contributed by atoms with Crippen LogP contribution in [-0.2, 0) is 10.0 Å². The van der Waals surface area contributed by atoms with E-state index in [1.54, 1.807) is 13.8 Å². The normalized spacial score (nSPS) is 12.1. The number of halogens is 1. The molecule has 0 unspecified atom stereocenters. The van der Waals surface area contributed by atoms with Crippen LogP contribution in [0.3, 0.4) is 0 Å². The lowest BCUT2D eigenvalue weighted by Crippen LogP contribution is -2.37. The van der Waals surface area contributed by atoms with Crippen molar-refractivity contribution >= 4 is 15.7 Å². The van der Waals surface area contributed by atoms with Crippen molar-refractivity contribution in [3.05, 3.63) is 36.2 Å². The van der Waals surface area contributed by atoms with Gasteiger partial charge in [-0.3, -0.25) is 0 Å². The first-order valence-corrected chi connectivity index (χ1v) is 7.34. The zero-order valence-electron chi connectivity index (χ0n) is 11.4. The van der Waals surface area contributed by atoms with E-state index in [0.717, 1.165) is 6.07 Å². The first-order valence-electron chi connectivity index (χ1n) is 5.90. The van der Waals surface area contributed by atoms with Crippen LogP contribution in [0.15, 0.2) is 29.7 Å². The summed E-state index contributed by atoms with van der Waals surface area (Å²) in [4.78, 5) is -0.136. The summed E-state index contributed by atoms with van der Waals surface area (Å²) in [7, 11) is -3.78. The predicted octanol–water partition coefficient (Wildman–Crippen LogP) is 2.30. The minimum absolute atomic E-state index is 0.126. The fourth-order valence-electron chi connectivity index (χ4n) is 1.67. The first-order chi connectivity index (χ1) is 8.71. The Kier molecular flexibility index (Phi) is 4.70. The van der Waals surface area contributed by atoms with E-state index < -0.39 is 15.8 Å². The lowest BCUT2D eigenvalue weighted by molar-refractivity contribution is 0.382. The maximum absolute atomic E-state index is 13.6. The Morgan fingerprint density at radius 2 is 2.05 bits per heavy atom. The van der Waals surface area contributed by atoms with Crippen molar-refractivity contribution in [2.75, 3.05) is 12.3 Å². The highest BCUT2D eigenvalue weighted by Gasteiger charge is 2.27. The molecule has 4 nitrogen and oxygen atoms in total. The lowest BCUT2D eigenvalue weighted by Gasteiger charge is -2.24. The van der Waals surface area contributed by atoms with Gasteiger partial charge >= 0.3 is 0 Å². The lowest BCUT2D eigenvalue weighted by atomic mass is 10.2. The summed E-state index contributed by atoms with van der Waals surface area (Å²) < 4.78 is 39.7. The van der Waals surface area contributed by atoms with E-state index >= 15 is 0 Å². The van der Waals surface area contributed by atoms with Crippen molar-refractivity contribution in [2.24, 2.45) is 0 Å². The predicted molar refractivity (Wildman–Crippen MR) is 74.8 cm³/mol. The van der Waals surface area contributed by atoms with Crippen molar-refractivity contribution in [2.45, 2.75) is 31.7 Å².